The number of aromatic nitrogens is 3. The monoisotopic (exact) mass is 366 g/mol. The van der Waals surface area contributed by atoms with E-state index in [1.165, 1.54) is 9.47 Å². The third kappa shape index (κ3) is 3.67. The van der Waals surface area contributed by atoms with Crippen LogP contribution in [0.1, 0.15) is 33.1 Å². The highest BCUT2D eigenvalue weighted by Gasteiger charge is 2.22. The third-order valence-corrected chi connectivity index (χ3v) is 4.54. The molecule has 0 N–H and O–H groups in total. The van der Waals surface area contributed by atoms with Crippen molar-refractivity contribution in [3.63, 3.8) is 0 Å². The van der Waals surface area contributed by atoms with E-state index in [1.54, 1.807) is 21.0 Å². The number of aryl methyl sites for hydroxylation is 3. The van der Waals surface area contributed by atoms with Gasteiger partial charge < -0.3 is 14.0 Å². The number of carbonyl (C=O) groups is 1. The maximum absolute atomic E-state index is 12.8. The van der Waals surface area contributed by atoms with Crippen LogP contribution < -0.4 is 5.56 Å². The average molecular weight is 366 g/mol. The van der Waals surface area contributed by atoms with Crippen molar-refractivity contribution >= 4 is 5.91 Å². The summed E-state index contributed by atoms with van der Waals surface area (Å²) in [7, 11) is 3.26. The van der Waals surface area contributed by atoms with E-state index in [4.69, 9.17) is 4.52 Å². The standard InChI is InChI=1S/C20H22N4O3/c1-12-7-6-8-15(9-12)18-21-16(27-22-18)11-23(4)19(25)17-13(2)10-14(3)24(5)20(17)26/h6-10H,11H2,1-5H3. The molecule has 1 amide bonds. The van der Waals surface area contributed by atoms with E-state index in [2.05, 4.69) is 10.1 Å². The van der Waals surface area contributed by atoms with Crippen molar-refractivity contribution in [3.8, 4) is 11.4 Å². The Morgan fingerprint density at radius 2 is 1.96 bits per heavy atom. The van der Waals surface area contributed by atoms with E-state index in [1.807, 2.05) is 44.2 Å². The lowest BCUT2D eigenvalue weighted by atomic mass is 10.1. The zero-order chi connectivity index (χ0) is 19.7. The van der Waals surface area contributed by atoms with Crippen LogP contribution >= 0.6 is 0 Å². The minimum atomic E-state index is -0.372. The van der Waals surface area contributed by atoms with Gasteiger partial charge >= 0.3 is 0 Å². The Hall–Kier alpha value is -3.22. The Morgan fingerprint density at radius 1 is 1.22 bits per heavy atom. The maximum Gasteiger partial charge on any atom is 0.263 e. The Balaban J connectivity index is 1.82. The second kappa shape index (κ2) is 7.19. The molecule has 0 aliphatic carbocycles. The van der Waals surface area contributed by atoms with Gasteiger partial charge in [-0.3, -0.25) is 9.59 Å². The van der Waals surface area contributed by atoms with Crippen molar-refractivity contribution in [2.75, 3.05) is 7.05 Å². The summed E-state index contributed by atoms with van der Waals surface area (Å²) >= 11 is 0. The number of benzene rings is 1. The molecule has 7 heteroatoms. The van der Waals surface area contributed by atoms with Gasteiger partial charge in [0.2, 0.25) is 11.7 Å². The molecule has 0 aliphatic rings. The molecule has 2 aromatic heterocycles. The van der Waals surface area contributed by atoms with Gasteiger partial charge in [0.15, 0.2) is 0 Å². The van der Waals surface area contributed by atoms with Crippen LogP contribution in [0.2, 0.25) is 0 Å². The Bertz CT molecular complexity index is 1070. The van der Waals surface area contributed by atoms with Gasteiger partial charge in [0.1, 0.15) is 12.1 Å². The van der Waals surface area contributed by atoms with Crippen LogP contribution in [0, 0.1) is 20.8 Å². The number of hydrogen-bond acceptors (Lipinski definition) is 5. The summed E-state index contributed by atoms with van der Waals surface area (Å²) in [4.78, 5) is 31.1. The van der Waals surface area contributed by atoms with E-state index in [9.17, 15) is 9.59 Å². The summed E-state index contributed by atoms with van der Waals surface area (Å²) in [5.41, 5.74) is 3.24. The Labute approximate surface area is 157 Å². The van der Waals surface area contributed by atoms with Crippen LogP contribution in [-0.4, -0.2) is 32.6 Å². The van der Waals surface area contributed by atoms with Gasteiger partial charge in [-0.2, -0.15) is 4.98 Å². The van der Waals surface area contributed by atoms with Crippen molar-refractivity contribution in [2.24, 2.45) is 7.05 Å². The van der Waals surface area contributed by atoms with Crippen LogP contribution in [0.15, 0.2) is 39.6 Å². The van der Waals surface area contributed by atoms with Crippen molar-refractivity contribution in [3.05, 3.63) is 69.0 Å². The van der Waals surface area contributed by atoms with Crippen LogP contribution in [-0.2, 0) is 13.6 Å². The number of amides is 1. The average Bonchev–Trinajstić information content (AvgIpc) is 3.08. The molecule has 1 aromatic carbocycles. The smallest absolute Gasteiger partial charge is 0.263 e. The second-order valence-electron chi connectivity index (χ2n) is 6.75. The topological polar surface area (TPSA) is 81.2 Å². The van der Waals surface area contributed by atoms with Crippen LogP contribution in [0.4, 0.5) is 0 Å². The molecule has 3 aromatic rings. The first kappa shape index (κ1) is 18.6. The van der Waals surface area contributed by atoms with Crippen LogP contribution in [0.5, 0.6) is 0 Å². The first-order chi connectivity index (χ1) is 12.8. The van der Waals surface area contributed by atoms with E-state index >= 15 is 0 Å². The van der Waals surface area contributed by atoms with Gasteiger partial charge in [0, 0.05) is 25.4 Å². The highest BCUT2D eigenvalue weighted by Crippen LogP contribution is 2.18. The van der Waals surface area contributed by atoms with Crippen molar-refractivity contribution in [1.82, 2.24) is 19.6 Å². The van der Waals surface area contributed by atoms with Gasteiger partial charge in [0.25, 0.3) is 11.5 Å². The first-order valence-corrected chi connectivity index (χ1v) is 8.60. The molecule has 2 heterocycles. The Morgan fingerprint density at radius 3 is 2.67 bits per heavy atom. The van der Waals surface area contributed by atoms with Gasteiger partial charge in [-0.15, -0.1) is 0 Å². The molecule has 3 rings (SSSR count). The molecule has 27 heavy (non-hydrogen) atoms. The number of hydrogen-bond donors (Lipinski definition) is 0. The maximum atomic E-state index is 12.8. The lowest BCUT2D eigenvalue weighted by Gasteiger charge is -2.17. The van der Waals surface area contributed by atoms with Gasteiger partial charge in [-0.25, -0.2) is 0 Å². The number of rotatable bonds is 4. The summed E-state index contributed by atoms with van der Waals surface area (Å²) in [6, 6.07) is 9.59. The molecule has 0 unspecified atom stereocenters. The normalized spacial score (nSPS) is 10.9. The molecule has 0 saturated heterocycles. The summed E-state index contributed by atoms with van der Waals surface area (Å²) in [6.07, 6.45) is 0. The van der Waals surface area contributed by atoms with E-state index < -0.39 is 0 Å². The number of nitrogens with zero attached hydrogens (tertiary/aromatic N) is 4. The summed E-state index contributed by atoms with van der Waals surface area (Å²) in [6.45, 7) is 5.70. The second-order valence-corrected chi connectivity index (χ2v) is 6.75. The largest absolute Gasteiger partial charge is 0.337 e. The van der Waals surface area contributed by atoms with E-state index in [0.717, 1.165) is 16.8 Å². The molecule has 0 saturated carbocycles. The molecule has 0 radical (unpaired) electrons. The molecule has 140 valence electrons. The number of pyridine rings is 1. The Kier molecular flexibility index (Phi) is 4.94. The predicted molar refractivity (Wildman–Crippen MR) is 101 cm³/mol. The fraction of sp³-hybridized carbons (Fsp3) is 0.300. The highest BCUT2D eigenvalue weighted by atomic mass is 16.5. The lowest BCUT2D eigenvalue weighted by molar-refractivity contribution is 0.0766. The molecule has 0 fully saturated rings. The highest BCUT2D eigenvalue weighted by molar-refractivity contribution is 5.95. The van der Waals surface area contributed by atoms with Gasteiger partial charge in [-0.05, 0) is 38.5 Å². The fourth-order valence-electron chi connectivity index (χ4n) is 2.93. The van der Waals surface area contributed by atoms with Gasteiger partial charge in [0.05, 0.1) is 0 Å². The lowest BCUT2D eigenvalue weighted by Crippen LogP contribution is -2.35. The van der Waals surface area contributed by atoms with Crippen LogP contribution in [0.25, 0.3) is 11.4 Å². The molecule has 0 bridgehead atoms. The molecule has 0 aliphatic heterocycles. The zero-order valence-corrected chi connectivity index (χ0v) is 16.1. The minimum Gasteiger partial charge on any atom is -0.337 e. The third-order valence-electron chi connectivity index (χ3n) is 4.54. The summed E-state index contributed by atoms with van der Waals surface area (Å²) < 4.78 is 6.75. The predicted octanol–water partition coefficient (Wildman–Crippen LogP) is 2.63. The summed E-state index contributed by atoms with van der Waals surface area (Å²) in [5, 5.41) is 3.98. The summed E-state index contributed by atoms with van der Waals surface area (Å²) in [5.74, 6) is 0.407. The molecular formula is C20H22N4O3. The molecule has 7 nitrogen and oxygen atoms in total. The minimum absolute atomic E-state index is 0.119. The molecule has 0 spiro atoms. The van der Waals surface area contributed by atoms with E-state index in [0.29, 0.717) is 17.3 Å². The van der Waals surface area contributed by atoms with Crippen molar-refractivity contribution < 1.29 is 9.32 Å². The SMILES string of the molecule is Cc1cccc(-c2noc(CN(C)C(=O)c3c(C)cc(C)n(C)c3=O)n2)c1. The van der Waals surface area contributed by atoms with Gasteiger partial charge in [-0.1, -0.05) is 28.9 Å². The molecular weight excluding hydrogens is 344 g/mol. The van der Waals surface area contributed by atoms with Crippen molar-refractivity contribution in [1.29, 1.82) is 0 Å². The fourth-order valence-corrected chi connectivity index (χ4v) is 2.93. The van der Waals surface area contributed by atoms with E-state index in [-0.39, 0.29) is 23.6 Å². The number of carbonyl (C=O) groups excluding carboxylic acids is 1. The first-order valence-electron chi connectivity index (χ1n) is 8.60. The van der Waals surface area contributed by atoms with Crippen LogP contribution in [0.3, 0.4) is 0 Å². The van der Waals surface area contributed by atoms with Crippen molar-refractivity contribution in [2.45, 2.75) is 27.3 Å². The zero-order valence-electron chi connectivity index (χ0n) is 16.1. The quantitative estimate of drug-likeness (QED) is 0.709. The molecule has 0 atom stereocenters.